The number of rotatable bonds is 4. The van der Waals surface area contributed by atoms with Gasteiger partial charge >= 0.3 is 59.1 Å². The molecule has 0 fully saturated rings. The fraction of sp³-hybridized carbons (Fsp3) is 0. The molecule has 0 aromatic heterocycles. The van der Waals surface area contributed by atoms with E-state index in [4.69, 9.17) is 9.11 Å². The monoisotopic (exact) mass is 448 g/mol. The first-order valence-corrected chi connectivity index (χ1v) is 9.29. The molecule has 0 saturated carbocycles. The summed E-state index contributed by atoms with van der Waals surface area (Å²) in [5, 5.41) is 20.8. The van der Waals surface area contributed by atoms with E-state index in [0.717, 1.165) is 24.3 Å². The van der Waals surface area contributed by atoms with E-state index in [2.05, 4.69) is 0 Å². The number of carbonyl (C=O) groups is 2. The summed E-state index contributed by atoms with van der Waals surface area (Å²) in [7, 11) is -9.00. The standard InChI is InChI=1S/2C7H6O5S.2Na/c2*8-7(9)5-3-1-2-4-6(5)13(10,11)12;;/h2*1-4H,(H,8,9)(H,10,11,12);;/q;;2*+1/p-2. The van der Waals surface area contributed by atoms with Gasteiger partial charge in [0.15, 0.2) is 0 Å². The molecule has 2 rings (SSSR count). The molecule has 14 heteroatoms. The van der Waals surface area contributed by atoms with Gasteiger partial charge in [-0.2, -0.15) is 16.8 Å². The minimum absolute atomic E-state index is 0. The molecule has 2 aromatic rings. The Hall–Kier alpha value is -0.800. The first-order valence-electron chi connectivity index (χ1n) is 6.41. The van der Waals surface area contributed by atoms with Crippen LogP contribution in [0.15, 0.2) is 58.3 Å². The Morgan fingerprint density at radius 2 is 0.893 bits per heavy atom. The quantitative estimate of drug-likeness (QED) is 0.336. The number of hydrogen-bond donors (Lipinski definition) is 2. The molecule has 0 atom stereocenters. The molecule has 0 radical (unpaired) electrons. The fourth-order valence-corrected chi connectivity index (χ4v) is 3.08. The molecule has 28 heavy (non-hydrogen) atoms. The van der Waals surface area contributed by atoms with Gasteiger partial charge in [0.05, 0.1) is 11.9 Å². The van der Waals surface area contributed by atoms with Crippen LogP contribution >= 0.6 is 0 Å². The Morgan fingerprint density at radius 1 is 0.643 bits per heavy atom. The van der Waals surface area contributed by atoms with E-state index in [9.17, 15) is 36.6 Å². The Morgan fingerprint density at radius 3 is 1.07 bits per heavy atom. The second-order valence-corrected chi connectivity index (χ2v) is 7.30. The molecule has 0 amide bonds. The van der Waals surface area contributed by atoms with Crippen molar-refractivity contribution < 1.29 is 105 Å². The third-order valence-electron chi connectivity index (χ3n) is 2.77. The van der Waals surface area contributed by atoms with E-state index in [1.807, 2.05) is 0 Å². The van der Waals surface area contributed by atoms with E-state index in [1.165, 1.54) is 24.3 Å². The number of hydrogen-bond acceptors (Lipinski definition) is 8. The summed E-state index contributed by atoms with van der Waals surface area (Å²) in [6.45, 7) is 0. The maximum Gasteiger partial charge on any atom is 1.00 e. The smallest absolute Gasteiger partial charge is 0.545 e. The number of aromatic carboxylic acids is 2. The molecule has 0 aliphatic heterocycles. The van der Waals surface area contributed by atoms with Crippen molar-refractivity contribution in [2.75, 3.05) is 0 Å². The summed E-state index contributed by atoms with van der Waals surface area (Å²) in [5.74, 6) is -3.29. The van der Waals surface area contributed by atoms with Crippen molar-refractivity contribution >= 4 is 32.2 Å². The molecule has 0 unspecified atom stereocenters. The van der Waals surface area contributed by atoms with Crippen molar-refractivity contribution in [1.82, 2.24) is 0 Å². The Kier molecular flexibility index (Phi) is 12.6. The fourth-order valence-electron chi connectivity index (χ4n) is 1.72. The van der Waals surface area contributed by atoms with Crippen molar-refractivity contribution in [2.24, 2.45) is 0 Å². The molecule has 0 bridgehead atoms. The van der Waals surface area contributed by atoms with Crippen LogP contribution in [0, 0.1) is 0 Å². The summed E-state index contributed by atoms with van der Waals surface area (Å²) >= 11 is 0. The number of carboxylic acid groups (broad SMARTS) is 2. The SMILES string of the molecule is O=C([O-])c1ccccc1S(=O)(=O)O.O=C([O-])c1ccccc1S(=O)(=O)O.[Na+].[Na+]. The van der Waals surface area contributed by atoms with Crippen molar-refractivity contribution in [1.29, 1.82) is 0 Å². The maximum atomic E-state index is 10.6. The number of benzene rings is 2. The normalized spacial score (nSPS) is 10.4. The van der Waals surface area contributed by atoms with Crippen molar-refractivity contribution in [2.45, 2.75) is 9.79 Å². The largest absolute Gasteiger partial charge is 1.00 e. The Balaban J connectivity index is 0. The molecular weight excluding hydrogens is 438 g/mol. The van der Waals surface area contributed by atoms with Gasteiger partial charge in [0.1, 0.15) is 9.79 Å². The predicted octanol–water partition coefficient (Wildman–Crippen LogP) is -7.40. The summed E-state index contributed by atoms with van der Waals surface area (Å²) in [6.07, 6.45) is 0. The van der Waals surface area contributed by atoms with Gasteiger partial charge in [0, 0.05) is 11.1 Å². The zero-order chi connectivity index (χ0) is 20.1. The molecule has 140 valence electrons. The minimum Gasteiger partial charge on any atom is -0.545 e. The first-order chi connectivity index (χ1) is 11.9. The van der Waals surface area contributed by atoms with E-state index >= 15 is 0 Å². The molecular formula is C14H10Na2O10S2. The molecule has 0 spiro atoms. The minimum atomic E-state index is -4.50. The predicted molar refractivity (Wildman–Crippen MR) is 81.2 cm³/mol. The molecule has 10 nitrogen and oxygen atoms in total. The van der Waals surface area contributed by atoms with Crippen LogP contribution in [0.5, 0.6) is 0 Å². The number of carboxylic acids is 2. The molecule has 2 N–H and O–H groups in total. The van der Waals surface area contributed by atoms with Gasteiger partial charge in [-0.05, 0) is 12.1 Å². The maximum absolute atomic E-state index is 10.6. The second kappa shape index (κ2) is 12.0. The van der Waals surface area contributed by atoms with Gasteiger partial charge in [-0.15, -0.1) is 0 Å². The average Bonchev–Trinajstić information content (AvgIpc) is 2.54. The van der Waals surface area contributed by atoms with Gasteiger partial charge in [0.25, 0.3) is 20.2 Å². The van der Waals surface area contributed by atoms with Crippen LogP contribution < -0.4 is 69.3 Å². The van der Waals surface area contributed by atoms with Crippen LogP contribution in [0.1, 0.15) is 20.7 Å². The Labute approximate surface area is 204 Å². The van der Waals surface area contributed by atoms with Gasteiger partial charge in [0.2, 0.25) is 0 Å². The van der Waals surface area contributed by atoms with Crippen LogP contribution in [-0.4, -0.2) is 37.9 Å². The molecule has 0 saturated heterocycles. The van der Waals surface area contributed by atoms with Crippen molar-refractivity contribution in [3.8, 4) is 0 Å². The molecule has 0 aliphatic carbocycles. The van der Waals surface area contributed by atoms with Gasteiger partial charge in [-0.1, -0.05) is 36.4 Å². The summed E-state index contributed by atoms with van der Waals surface area (Å²) in [5.41, 5.74) is -1.10. The first kappa shape index (κ1) is 29.4. The van der Waals surface area contributed by atoms with Crippen molar-refractivity contribution in [3.63, 3.8) is 0 Å². The summed E-state index contributed by atoms with van der Waals surface area (Å²) in [6, 6.07) is 9.32. The van der Waals surface area contributed by atoms with E-state index in [1.54, 1.807) is 0 Å². The van der Waals surface area contributed by atoms with Gasteiger partial charge < -0.3 is 19.8 Å². The third-order valence-corrected chi connectivity index (χ3v) is 4.59. The second-order valence-electron chi connectivity index (χ2n) is 4.52. The van der Waals surface area contributed by atoms with E-state index in [0.29, 0.717) is 0 Å². The Bertz CT molecular complexity index is 964. The van der Waals surface area contributed by atoms with Crippen LogP contribution in [0.2, 0.25) is 0 Å². The van der Waals surface area contributed by atoms with Crippen LogP contribution in [0.25, 0.3) is 0 Å². The molecule has 0 heterocycles. The average molecular weight is 448 g/mol. The zero-order valence-corrected chi connectivity index (χ0v) is 20.2. The summed E-state index contributed by atoms with van der Waals surface area (Å²) < 4.78 is 59.7. The van der Waals surface area contributed by atoms with E-state index in [-0.39, 0.29) is 59.1 Å². The van der Waals surface area contributed by atoms with Crippen molar-refractivity contribution in [3.05, 3.63) is 59.7 Å². The molecule has 0 aliphatic rings. The van der Waals surface area contributed by atoms with Crippen LogP contribution in [0.4, 0.5) is 0 Å². The van der Waals surface area contributed by atoms with Gasteiger partial charge in [-0.25, -0.2) is 0 Å². The summed E-state index contributed by atoms with van der Waals surface area (Å²) in [4.78, 5) is 19.4. The van der Waals surface area contributed by atoms with E-state index < -0.39 is 53.1 Å². The van der Waals surface area contributed by atoms with Gasteiger partial charge in [-0.3, -0.25) is 9.11 Å². The van der Waals surface area contributed by atoms with Crippen LogP contribution in [0.3, 0.4) is 0 Å². The topological polar surface area (TPSA) is 189 Å². The molecule has 2 aromatic carbocycles. The third kappa shape index (κ3) is 8.69. The zero-order valence-electron chi connectivity index (χ0n) is 14.6. The number of carbonyl (C=O) groups excluding carboxylic acids is 2. The van der Waals surface area contributed by atoms with Crippen LogP contribution in [-0.2, 0) is 20.2 Å².